The first-order chi connectivity index (χ1) is 18.7. The Kier molecular flexibility index (Phi) is 9.06. The molecule has 0 saturated heterocycles. The van der Waals surface area contributed by atoms with Crippen molar-refractivity contribution >= 4 is 17.6 Å². The third-order valence-corrected chi connectivity index (χ3v) is 6.97. The van der Waals surface area contributed by atoms with Crippen molar-refractivity contribution in [2.45, 2.75) is 64.6 Å². The fraction of sp³-hybridized carbons (Fsp3) is 0.414. The van der Waals surface area contributed by atoms with Gasteiger partial charge in [-0.15, -0.1) is 0 Å². The number of carbonyl (C=O) groups is 3. The lowest BCUT2D eigenvalue weighted by Gasteiger charge is -2.32. The number of carbonyl (C=O) groups excluding carboxylic acids is 3. The Balaban J connectivity index is 0.00000441. The molecule has 39 heavy (non-hydrogen) atoms. The molecule has 2 N–H and O–H groups in total. The molecule has 1 heterocycles. The second kappa shape index (κ2) is 12.6. The number of amides is 2. The predicted octanol–water partition coefficient (Wildman–Crippen LogP) is 3.98. The van der Waals surface area contributed by atoms with Gasteiger partial charge in [0.2, 0.25) is 5.91 Å². The lowest BCUT2D eigenvalue weighted by molar-refractivity contribution is -0.132. The van der Waals surface area contributed by atoms with Crippen LogP contribution in [0.5, 0.6) is 0 Å². The van der Waals surface area contributed by atoms with E-state index in [4.69, 9.17) is 4.52 Å². The summed E-state index contributed by atoms with van der Waals surface area (Å²) in [5, 5.41) is 9.67. The average molecular weight is 539 g/mol. The topological polar surface area (TPSA) is 123 Å². The van der Waals surface area contributed by atoms with Crippen LogP contribution in [0.25, 0.3) is 11.4 Å². The molecule has 0 bridgehead atoms. The van der Waals surface area contributed by atoms with Gasteiger partial charge in [0.15, 0.2) is 11.6 Å². The second-order valence-corrected chi connectivity index (χ2v) is 10.4. The van der Waals surface area contributed by atoms with E-state index >= 15 is 0 Å². The van der Waals surface area contributed by atoms with Gasteiger partial charge in [-0.25, -0.2) is 13.8 Å². The van der Waals surface area contributed by atoms with E-state index in [9.17, 15) is 23.6 Å². The minimum atomic E-state index is -0.854. The molecule has 4 rings (SSSR count). The molecule has 208 valence electrons. The van der Waals surface area contributed by atoms with Gasteiger partial charge in [-0.2, -0.15) is 0 Å². The smallest absolute Gasteiger partial charge is 0.349 e. The van der Waals surface area contributed by atoms with Crippen LogP contribution < -0.4 is 16.4 Å². The van der Waals surface area contributed by atoms with Crippen LogP contribution in [0, 0.1) is 17.7 Å². The fourth-order valence-electron chi connectivity index (χ4n) is 4.96. The molecule has 2 amide bonds. The number of benzene rings is 2. The van der Waals surface area contributed by atoms with E-state index in [1.54, 1.807) is 24.3 Å². The third-order valence-electron chi connectivity index (χ3n) is 6.97. The monoisotopic (exact) mass is 538 g/mol. The van der Waals surface area contributed by atoms with Crippen LogP contribution in [0.3, 0.4) is 0 Å². The maximum Gasteiger partial charge on any atom is 0.442 e. The molecule has 1 fully saturated rings. The Bertz CT molecular complexity index is 1360. The number of hydrogen-bond acceptors (Lipinski definition) is 6. The number of hydrogen-bond donors (Lipinski definition) is 2. The summed E-state index contributed by atoms with van der Waals surface area (Å²) in [6.07, 6.45) is 3.35. The van der Waals surface area contributed by atoms with E-state index in [2.05, 4.69) is 15.8 Å². The van der Waals surface area contributed by atoms with Gasteiger partial charge in [0, 0.05) is 18.6 Å². The maximum atomic E-state index is 13.5. The molecule has 1 saturated carbocycles. The number of nitrogens with one attached hydrogen (secondary N) is 2. The van der Waals surface area contributed by atoms with Crippen molar-refractivity contribution in [3.05, 3.63) is 76.5 Å². The molecule has 9 nitrogen and oxygen atoms in total. The molecule has 0 spiro atoms. The van der Waals surface area contributed by atoms with Gasteiger partial charge in [-0.3, -0.25) is 18.9 Å². The van der Waals surface area contributed by atoms with Gasteiger partial charge >= 0.3 is 5.76 Å². The first kappa shape index (κ1) is 27.9. The number of Topliss-reactive ketones (excluding diaryl/α,β-unsaturated/α-hetero) is 1. The summed E-state index contributed by atoms with van der Waals surface area (Å²) in [5.74, 6) is -2.51. The first-order valence-electron chi connectivity index (χ1n) is 13.2. The van der Waals surface area contributed by atoms with Crippen molar-refractivity contribution in [3.8, 4) is 11.4 Å². The number of halogens is 1. The highest BCUT2D eigenvalue weighted by Gasteiger charge is 2.34. The maximum absolute atomic E-state index is 13.5. The van der Waals surface area contributed by atoms with Crippen LogP contribution >= 0.6 is 0 Å². The highest BCUT2D eigenvalue weighted by Crippen LogP contribution is 2.26. The van der Waals surface area contributed by atoms with Crippen molar-refractivity contribution in [1.82, 2.24) is 20.4 Å². The highest BCUT2D eigenvalue weighted by molar-refractivity contribution is 5.95. The third kappa shape index (κ3) is 7.07. The second-order valence-electron chi connectivity index (χ2n) is 10.4. The standard InChI is InChI=1S/C29H33FN4O5.H2/c1-18(2)16-24(25(35)17-34-26(33-39-29(34)38)19-12-14-21(30)15-13-19)32-28(37)22-10-6-7-11-23(22)31-27(36)20-8-4-3-5-9-20;/h3-5,8-9,12-15,18,22-24H,6-7,10-11,16-17H2,1-2H3,(H,31,36)(H,32,37);1H/t22-,23+,24+;/m1./s1. The lowest BCUT2D eigenvalue weighted by atomic mass is 9.83. The Labute approximate surface area is 227 Å². The Morgan fingerprint density at radius 1 is 1.08 bits per heavy atom. The van der Waals surface area contributed by atoms with Crippen molar-refractivity contribution in [2.75, 3.05) is 0 Å². The normalized spacial score (nSPS) is 17.9. The summed E-state index contributed by atoms with van der Waals surface area (Å²) in [5.41, 5.74) is 0.935. The largest absolute Gasteiger partial charge is 0.442 e. The number of rotatable bonds is 10. The Morgan fingerprint density at radius 3 is 2.46 bits per heavy atom. The van der Waals surface area contributed by atoms with Crippen LogP contribution in [-0.2, 0) is 16.1 Å². The van der Waals surface area contributed by atoms with Crippen LogP contribution in [0.4, 0.5) is 4.39 Å². The van der Waals surface area contributed by atoms with Crippen molar-refractivity contribution in [2.24, 2.45) is 11.8 Å². The molecular weight excluding hydrogens is 503 g/mol. The zero-order valence-corrected chi connectivity index (χ0v) is 22.1. The molecule has 10 heteroatoms. The minimum absolute atomic E-state index is 0. The summed E-state index contributed by atoms with van der Waals surface area (Å²) in [6, 6.07) is 12.9. The molecular formula is C29H35FN4O5. The molecule has 0 radical (unpaired) electrons. The van der Waals surface area contributed by atoms with Gasteiger partial charge in [0.05, 0.1) is 18.5 Å². The Morgan fingerprint density at radius 2 is 1.77 bits per heavy atom. The Hall–Kier alpha value is -4.08. The summed E-state index contributed by atoms with van der Waals surface area (Å²) < 4.78 is 19.2. The summed E-state index contributed by atoms with van der Waals surface area (Å²) in [4.78, 5) is 52.0. The summed E-state index contributed by atoms with van der Waals surface area (Å²) >= 11 is 0. The van der Waals surface area contributed by atoms with Gasteiger partial charge in [-0.1, -0.05) is 50.0 Å². The molecule has 2 aromatic carbocycles. The van der Waals surface area contributed by atoms with Gasteiger partial charge in [0.1, 0.15) is 5.82 Å². The van der Waals surface area contributed by atoms with E-state index in [1.807, 2.05) is 19.9 Å². The van der Waals surface area contributed by atoms with Crippen LogP contribution in [0.15, 0.2) is 63.9 Å². The van der Waals surface area contributed by atoms with Crippen LogP contribution in [-0.4, -0.2) is 39.4 Å². The van der Waals surface area contributed by atoms with Gasteiger partial charge in [0.25, 0.3) is 5.91 Å². The lowest BCUT2D eigenvalue weighted by Crippen LogP contribution is -2.52. The van der Waals surface area contributed by atoms with Gasteiger partial charge in [-0.05, 0) is 61.6 Å². The van der Waals surface area contributed by atoms with Crippen molar-refractivity contribution in [3.63, 3.8) is 0 Å². The van der Waals surface area contributed by atoms with Crippen LogP contribution in [0.2, 0.25) is 0 Å². The number of aromatic nitrogens is 2. The predicted molar refractivity (Wildman–Crippen MR) is 144 cm³/mol. The summed E-state index contributed by atoms with van der Waals surface area (Å²) in [7, 11) is 0. The van der Waals surface area contributed by atoms with E-state index in [0.717, 1.165) is 17.4 Å². The zero-order chi connectivity index (χ0) is 27.9. The van der Waals surface area contributed by atoms with E-state index in [1.165, 1.54) is 24.3 Å². The molecule has 1 aromatic heterocycles. The quantitative estimate of drug-likeness (QED) is 0.403. The van der Waals surface area contributed by atoms with E-state index in [-0.39, 0.29) is 43.4 Å². The van der Waals surface area contributed by atoms with Crippen molar-refractivity contribution in [1.29, 1.82) is 0 Å². The molecule has 0 unspecified atom stereocenters. The average Bonchev–Trinajstić information content (AvgIpc) is 3.28. The van der Waals surface area contributed by atoms with Crippen molar-refractivity contribution < 1.29 is 24.7 Å². The fourth-order valence-corrected chi connectivity index (χ4v) is 4.96. The SMILES string of the molecule is CC(C)C[C@H](NC(=O)[C@@H]1CCCC[C@@H]1NC(=O)c1ccccc1)C(=O)Cn1c(-c2ccc(F)cc2)noc1=O.[HH]. The molecule has 0 aliphatic heterocycles. The van der Waals surface area contributed by atoms with E-state index in [0.29, 0.717) is 30.4 Å². The number of nitrogens with zero attached hydrogens (tertiary/aromatic N) is 2. The number of ketones is 1. The first-order valence-corrected chi connectivity index (χ1v) is 13.2. The summed E-state index contributed by atoms with van der Waals surface area (Å²) in [6.45, 7) is 3.50. The van der Waals surface area contributed by atoms with Gasteiger partial charge < -0.3 is 10.6 Å². The molecule has 1 aliphatic carbocycles. The highest BCUT2D eigenvalue weighted by atomic mass is 19.1. The minimum Gasteiger partial charge on any atom is -0.349 e. The molecule has 3 atom stereocenters. The molecule has 1 aliphatic rings. The van der Waals surface area contributed by atoms with E-state index < -0.39 is 23.5 Å². The van der Waals surface area contributed by atoms with Crippen LogP contribution in [0.1, 0.15) is 57.7 Å². The zero-order valence-electron chi connectivity index (χ0n) is 22.1. The molecule has 3 aromatic rings.